The van der Waals surface area contributed by atoms with Gasteiger partial charge in [-0.3, -0.25) is 0 Å². The van der Waals surface area contributed by atoms with Gasteiger partial charge in [0.25, 0.3) is 0 Å². The Labute approximate surface area is 124 Å². The Morgan fingerprint density at radius 3 is 3.00 bits per heavy atom. The molecule has 4 unspecified atom stereocenters. The van der Waals surface area contributed by atoms with Gasteiger partial charge in [0.1, 0.15) is 11.3 Å². The number of nitrogens with two attached hydrogens (primary N) is 1. The highest BCUT2D eigenvalue weighted by molar-refractivity contribution is 6.29. The summed E-state index contributed by atoms with van der Waals surface area (Å²) in [7, 11) is 0. The van der Waals surface area contributed by atoms with Crippen LogP contribution in [0.4, 0.5) is 4.39 Å². The fourth-order valence-corrected chi connectivity index (χ4v) is 2.99. The van der Waals surface area contributed by atoms with Crippen LogP contribution < -0.4 is 10.5 Å². The molecular weight excluding hydrogens is 279 g/mol. The van der Waals surface area contributed by atoms with Crippen molar-refractivity contribution in [1.82, 2.24) is 4.98 Å². The highest BCUT2D eigenvalue weighted by atomic mass is 35.5. The molecule has 5 heteroatoms. The third-order valence-electron chi connectivity index (χ3n) is 4.10. The summed E-state index contributed by atoms with van der Waals surface area (Å²) in [6.07, 6.45) is 2.25. The first-order chi connectivity index (χ1) is 9.60. The molecule has 0 spiro atoms. The number of ether oxygens (including phenoxy) is 1. The summed E-state index contributed by atoms with van der Waals surface area (Å²) in [6.45, 7) is 2.56. The van der Waals surface area contributed by atoms with E-state index in [1.807, 2.05) is 6.92 Å². The van der Waals surface area contributed by atoms with E-state index in [0.717, 1.165) is 19.3 Å². The molecule has 2 N–H and O–H groups in total. The van der Waals surface area contributed by atoms with Crippen molar-refractivity contribution in [2.75, 3.05) is 6.61 Å². The number of alkyl halides is 1. The van der Waals surface area contributed by atoms with Crippen LogP contribution in [-0.4, -0.2) is 23.8 Å². The van der Waals surface area contributed by atoms with Gasteiger partial charge in [0.15, 0.2) is 0 Å². The second-order valence-electron chi connectivity index (χ2n) is 5.54. The Morgan fingerprint density at radius 2 is 2.30 bits per heavy atom. The predicted octanol–water partition coefficient (Wildman–Crippen LogP) is 3.61. The minimum absolute atomic E-state index is 0.0466. The Kier molecular flexibility index (Phi) is 5.61. The third-order valence-corrected chi connectivity index (χ3v) is 4.31. The second kappa shape index (κ2) is 7.23. The highest BCUT2D eigenvalue weighted by Gasteiger charge is 2.34. The molecule has 0 amide bonds. The molecule has 0 aliphatic heterocycles. The summed E-state index contributed by atoms with van der Waals surface area (Å²) in [6, 6.07) is 5.23. The van der Waals surface area contributed by atoms with Crippen molar-refractivity contribution < 1.29 is 9.13 Å². The number of rotatable bonds is 5. The third kappa shape index (κ3) is 4.06. The molecule has 1 heterocycles. The molecule has 0 aromatic carbocycles. The van der Waals surface area contributed by atoms with E-state index in [0.29, 0.717) is 30.0 Å². The van der Waals surface area contributed by atoms with Gasteiger partial charge in [-0.25, -0.2) is 9.37 Å². The zero-order valence-electron chi connectivity index (χ0n) is 11.8. The van der Waals surface area contributed by atoms with E-state index in [2.05, 4.69) is 4.98 Å². The maximum absolute atomic E-state index is 13.9. The molecule has 3 nitrogen and oxygen atoms in total. The lowest BCUT2D eigenvalue weighted by atomic mass is 9.76. The summed E-state index contributed by atoms with van der Waals surface area (Å²) in [5.74, 6) is 0.816. The van der Waals surface area contributed by atoms with Gasteiger partial charge in [-0.1, -0.05) is 24.6 Å². The Bertz CT molecular complexity index is 428. The minimum atomic E-state index is -0.773. The van der Waals surface area contributed by atoms with E-state index >= 15 is 0 Å². The van der Waals surface area contributed by atoms with E-state index in [1.165, 1.54) is 0 Å². The maximum Gasteiger partial charge on any atom is 0.214 e. The van der Waals surface area contributed by atoms with Crippen LogP contribution in [-0.2, 0) is 0 Å². The average molecular weight is 301 g/mol. The van der Waals surface area contributed by atoms with Crippen LogP contribution in [0.3, 0.4) is 0 Å². The Balaban J connectivity index is 1.87. The van der Waals surface area contributed by atoms with Gasteiger partial charge >= 0.3 is 0 Å². The number of aromatic nitrogens is 1. The normalized spacial score (nSPS) is 28.1. The Hall–Kier alpha value is -0.870. The van der Waals surface area contributed by atoms with Crippen molar-refractivity contribution in [2.24, 2.45) is 17.6 Å². The standard InChI is InChI=1S/C15H22ClFN2O/c1-2-13(18)11-8-10(6-7-12(11)17)9-20-15-5-3-4-14(16)19-15/h3-5,10-13H,2,6-9,18H2,1H3. The van der Waals surface area contributed by atoms with E-state index in [1.54, 1.807) is 18.2 Å². The second-order valence-corrected chi connectivity index (χ2v) is 5.93. The minimum Gasteiger partial charge on any atom is -0.477 e. The van der Waals surface area contributed by atoms with Crippen LogP contribution in [0.25, 0.3) is 0 Å². The van der Waals surface area contributed by atoms with E-state index in [4.69, 9.17) is 22.1 Å². The molecule has 1 aromatic rings. The van der Waals surface area contributed by atoms with Crippen LogP contribution in [0.1, 0.15) is 32.6 Å². The van der Waals surface area contributed by atoms with Crippen LogP contribution >= 0.6 is 11.6 Å². The summed E-state index contributed by atoms with van der Waals surface area (Å²) in [5.41, 5.74) is 6.02. The molecule has 20 heavy (non-hydrogen) atoms. The lowest BCUT2D eigenvalue weighted by Crippen LogP contribution is -2.41. The van der Waals surface area contributed by atoms with E-state index < -0.39 is 6.17 Å². The molecule has 112 valence electrons. The first-order valence-electron chi connectivity index (χ1n) is 7.25. The summed E-state index contributed by atoms with van der Waals surface area (Å²) >= 11 is 5.81. The van der Waals surface area contributed by atoms with Crippen molar-refractivity contribution >= 4 is 11.6 Å². The molecule has 1 fully saturated rings. The molecule has 1 aromatic heterocycles. The largest absolute Gasteiger partial charge is 0.477 e. The molecule has 0 bridgehead atoms. The van der Waals surface area contributed by atoms with Gasteiger partial charge in [0.2, 0.25) is 5.88 Å². The van der Waals surface area contributed by atoms with Crippen molar-refractivity contribution in [3.05, 3.63) is 23.4 Å². The first-order valence-corrected chi connectivity index (χ1v) is 7.63. The predicted molar refractivity (Wildman–Crippen MR) is 78.7 cm³/mol. The summed E-state index contributed by atoms with van der Waals surface area (Å²) in [4.78, 5) is 4.09. The van der Waals surface area contributed by atoms with Gasteiger partial charge < -0.3 is 10.5 Å². The molecule has 2 rings (SSSR count). The number of pyridine rings is 1. The molecule has 0 saturated heterocycles. The van der Waals surface area contributed by atoms with Gasteiger partial charge in [0.05, 0.1) is 6.61 Å². The molecule has 0 radical (unpaired) electrons. The lowest BCUT2D eigenvalue weighted by molar-refractivity contribution is 0.0827. The summed E-state index contributed by atoms with van der Waals surface area (Å²) in [5, 5.41) is 0.417. The van der Waals surface area contributed by atoms with Crippen molar-refractivity contribution in [1.29, 1.82) is 0 Å². The fraction of sp³-hybridized carbons (Fsp3) is 0.667. The van der Waals surface area contributed by atoms with Gasteiger partial charge in [-0.2, -0.15) is 0 Å². The SMILES string of the molecule is CCC(N)C1CC(COc2cccc(Cl)n2)CCC1F. The number of halogens is 2. The highest BCUT2D eigenvalue weighted by Crippen LogP contribution is 2.34. The zero-order valence-corrected chi connectivity index (χ0v) is 12.5. The van der Waals surface area contributed by atoms with Crippen molar-refractivity contribution in [2.45, 2.75) is 44.8 Å². The molecule has 1 aliphatic carbocycles. The molecular formula is C15H22ClFN2O. The maximum atomic E-state index is 13.9. The van der Waals surface area contributed by atoms with Crippen molar-refractivity contribution in [3.8, 4) is 5.88 Å². The van der Waals surface area contributed by atoms with Gasteiger partial charge in [-0.15, -0.1) is 0 Å². The number of hydrogen-bond acceptors (Lipinski definition) is 3. The lowest BCUT2D eigenvalue weighted by Gasteiger charge is -2.35. The van der Waals surface area contributed by atoms with E-state index in [9.17, 15) is 4.39 Å². The number of hydrogen-bond donors (Lipinski definition) is 1. The monoisotopic (exact) mass is 300 g/mol. The average Bonchev–Trinajstić information content (AvgIpc) is 2.45. The zero-order chi connectivity index (χ0) is 14.5. The first kappa shape index (κ1) is 15.5. The summed E-state index contributed by atoms with van der Waals surface area (Å²) < 4.78 is 19.6. The smallest absolute Gasteiger partial charge is 0.214 e. The Morgan fingerprint density at radius 1 is 1.50 bits per heavy atom. The van der Waals surface area contributed by atoms with Crippen LogP contribution in [0.5, 0.6) is 5.88 Å². The molecule has 1 saturated carbocycles. The number of nitrogens with zero attached hydrogens (tertiary/aromatic N) is 1. The van der Waals surface area contributed by atoms with Gasteiger partial charge in [-0.05, 0) is 37.7 Å². The quantitative estimate of drug-likeness (QED) is 0.845. The van der Waals surface area contributed by atoms with Crippen molar-refractivity contribution in [3.63, 3.8) is 0 Å². The van der Waals surface area contributed by atoms with E-state index in [-0.39, 0.29) is 12.0 Å². The van der Waals surface area contributed by atoms with Crippen LogP contribution in [0.2, 0.25) is 5.15 Å². The van der Waals surface area contributed by atoms with Gasteiger partial charge in [0, 0.05) is 18.0 Å². The van der Waals surface area contributed by atoms with Crippen LogP contribution in [0, 0.1) is 11.8 Å². The van der Waals surface area contributed by atoms with Crippen LogP contribution in [0.15, 0.2) is 18.2 Å². The topological polar surface area (TPSA) is 48.1 Å². The molecule has 4 atom stereocenters. The molecule has 1 aliphatic rings. The fourth-order valence-electron chi connectivity index (χ4n) is 2.83.